The van der Waals surface area contributed by atoms with Crippen LogP contribution >= 0.6 is 0 Å². The number of ether oxygens (including phenoxy) is 1. The van der Waals surface area contributed by atoms with E-state index in [1.807, 2.05) is 49.8 Å². The summed E-state index contributed by atoms with van der Waals surface area (Å²) in [5.41, 5.74) is 3.77. The molecule has 0 aliphatic rings. The number of hydrogen-bond donors (Lipinski definition) is 2. The first-order valence-electron chi connectivity index (χ1n) is 11.2. The van der Waals surface area contributed by atoms with Gasteiger partial charge in [0.05, 0.1) is 29.2 Å². The van der Waals surface area contributed by atoms with Crippen LogP contribution in [0.25, 0.3) is 33.3 Å². The summed E-state index contributed by atoms with van der Waals surface area (Å²) in [5, 5.41) is 8.53. The van der Waals surface area contributed by atoms with Crippen molar-refractivity contribution in [3.63, 3.8) is 0 Å². The SMILES string of the molecule is CC(C)(C)NC(=O)c1c[nH]c2ncc(-c3cccc4cnn(COCC[Si](C)(C)C)c34)nc12. The second-order valence-corrected chi connectivity index (χ2v) is 16.2. The summed E-state index contributed by atoms with van der Waals surface area (Å²) in [7, 11) is -1.15. The van der Waals surface area contributed by atoms with E-state index in [0.29, 0.717) is 29.2 Å². The van der Waals surface area contributed by atoms with E-state index in [-0.39, 0.29) is 11.4 Å². The molecule has 33 heavy (non-hydrogen) atoms. The van der Waals surface area contributed by atoms with Gasteiger partial charge in [0.1, 0.15) is 12.2 Å². The highest BCUT2D eigenvalue weighted by Crippen LogP contribution is 2.29. The lowest BCUT2D eigenvalue weighted by Crippen LogP contribution is -2.40. The molecule has 3 heterocycles. The number of benzene rings is 1. The Morgan fingerprint density at radius 3 is 2.73 bits per heavy atom. The molecule has 0 spiro atoms. The number of aromatic amines is 1. The van der Waals surface area contributed by atoms with Crippen LogP contribution in [0.1, 0.15) is 31.1 Å². The lowest BCUT2D eigenvalue weighted by molar-refractivity contribution is 0.0817. The van der Waals surface area contributed by atoms with E-state index in [1.165, 1.54) is 0 Å². The van der Waals surface area contributed by atoms with Gasteiger partial charge in [-0.1, -0.05) is 37.8 Å². The topological polar surface area (TPSA) is 97.7 Å². The molecule has 0 radical (unpaired) electrons. The van der Waals surface area contributed by atoms with Crippen LogP contribution in [0.5, 0.6) is 0 Å². The summed E-state index contributed by atoms with van der Waals surface area (Å²) in [6.45, 7) is 14.0. The van der Waals surface area contributed by atoms with Crippen molar-refractivity contribution in [2.45, 2.75) is 58.7 Å². The molecule has 0 aliphatic heterocycles. The molecule has 4 rings (SSSR count). The Morgan fingerprint density at radius 1 is 1.21 bits per heavy atom. The van der Waals surface area contributed by atoms with Crippen molar-refractivity contribution in [2.75, 3.05) is 6.61 Å². The summed E-state index contributed by atoms with van der Waals surface area (Å²) in [4.78, 5) is 25.2. The lowest BCUT2D eigenvalue weighted by Gasteiger charge is -2.20. The van der Waals surface area contributed by atoms with E-state index in [0.717, 1.165) is 29.1 Å². The number of para-hydroxylation sites is 1. The third kappa shape index (κ3) is 5.31. The molecule has 3 aromatic heterocycles. The second kappa shape index (κ2) is 8.72. The molecule has 2 N–H and O–H groups in total. The van der Waals surface area contributed by atoms with Crippen molar-refractivity contribution in [2.24, 2.45) is 0 Å². The Kier molecular flexibility index (Phi) is 6.11. The second-order valence-electron chi connectivity index (χ2n) is 10.6. The predicted octanol–water partition coefficient (Wildman–Crippen LogP) is 4.82. The smallest absolute Gasteiger partial charge is 0.255 e. The fourth-order valence-corrected chi connectivity index (χ4v) is 4.34. The highest BCUT2D eigenvalue weighted by Gasteiger charge is 2.21. The average molecular weight is 465 g/mol. The molecule has 174 valence electrons. The molecule has 0 atom stereocenters. The molecule has 9 heteroatoms. The van der Waals surface area contributed by atoms with Crippen molar-refractivity contribution >= 4 is 36.0 Å². The van der Waals surface area contributed by atoms with Crippen LogP contribution in [0.15, 0.2) is 36.8 Å². The number of H-pyrrole nitrogens is 1. The molecule has 0 unspecified atom stereocenters. The predicted molar refractivity (Wildman–Crippen MR) is 134 cm³/mol. The van der Waals surface area contributed by atoms with Gasteiger partial charge in [0.2, 0.25) is 0 Å². The summed E-state index contributed by atoms with van der Waals surface area (Å²) < 4.78 is 7.82. The largest absolute Gasteiger partial charge is 0.360 e. The minimum absolute atomic E-state index is 0.181. The molecule has 8 nitrogen and oxygen atoms in total. The van der Waals surface area contributed by atoms with Crippen LogP contribution in [0.2, 0.25) is 25.7 Å². The number of rotatable bonds is 7. The van der Waals surface area contributed by atoms with Crippen LogP contribution in [0.3, 0.4) is 0 Å². The number of nitrogens with zero attached hydrogens (tertiary/aromatic N) is 4. The quantitative estimate of drug-likeness (QED) is 0.302. The molecule has 0 bridgehead atoms. The standard InChI is InChI=1S/C24H32N6O2Si/c1-24(2,3)29-23(31)18-13-25-22-20(18)28-19(14-26-22)17-9-7-8-16-12-27-30(21(16)17)15-32-10-11-33(4,5)6/h7-9,12-14H,10-11,15H2,1-6H3,(H,25,26)(H,29,31). The molecule has 0 aliphatic carbocycles. The maximum atomic E-state index is 12.8. The monoisotopic (exact) mass is 464 g/mol. The number of carbonyl (C=O) groups is 1. The third-order valence-electron chi connectivity index (χ3n) is 5.26. The Labute approximate surface area is 194 Å². The zero-order valence-corrected chi connectivity index (χ0v) is 21.2. The zero-order valence-electron chi connectivity index (χ0n) is 20.2. The highest BCUT2D eigenvalue weighted by atomic mass is 28.3. The maximum Gasteiger partial charge on any atom is 0.255 e. The van der Waals surface area contributed by atoms with Gasteiger partial charge in [0, 0.05) is 37.4 Å². The van der Waals surface area contributed by atoms with Crippen LogP contribution in [0.4, 0.5) is 0 Å². The Hall–Kier alpha value is -3.04. The summed E-state index contributed by atoms with van der Waals surface area (Å²) >= 11 is 0. The van der Waals surface area contributed by atoms with E-state index in [4.69, 9.17) is 9.72 Å². The van der Waals surface area contributed by atoms with Gasteiger partial charge in [-0.2, -0.15) is 5.10 Å². The number of hydrogen-bond acceptors (Lipinski definition) is 5. The van der Waals surface area contributed by atoms with Crippen molar-refractivity contribution in [3.05, 3.63) is 42.4 Å². The molecule has 1 aromatic carbocycles. The summed E-state index contributed by atoms with van der Waals surface area (Å²) in [5.74, 6) is -0.181. The molecule has 4 aromatic rings. The van der Waals surface area contributed by atoms with Gasteiger partial charge in [-0.05, 0) is 26.8 Å². The molecule has 0 fully saturated rings. The van der Waals surface area contributed by atoms with Crippen molar-refractivity contribution < 1.29 is 9.53 Å². The van der Waals surface area contributed by atoms with Crippen LogP contribution in [-0.4, -0.2) is 50.9 Å². The first-order chi connectivity index (χ1) is 15.5. The van der Waals surface area contributed by atoms with E-state index in [2.05, 4.69) is 40.0 Å². The van der Waals surface area contributed by atoms with Gasteiger partial charge in [-0.3, -0.25) is 4.79 Å². The normalized spacial score (nSPS) is 12.5. The van der Waals surface area contributed by atoms with Crippen LogP contribution < -0.4 is 5.32 Å². The fraction of sp³-hybridized carbons (Fsp3) is 0.417. The van der Waals surface area contributed by atoms with E-state index in [1.54, 1.807) is 12.4 Å². The van der Waals surface area contributed by atoms with Crippen molar-refractivity contribution in [1.29, 1.82) is 0 Å². The Balaban J connectivity index is 1.68. The molecular weight excluding hydrogens is 432 g/mol. The fourth-order valence-electron chi connectivity index (χ4n) is 3.58. The number of aromatic nitrogens is 5. The van der Waals surface area contributed by atoms with E-state index < -0.39 is 8.07 Å². The van der Waals surface area contributed by atoms with Gasteiger partial charge >= 0.3 is 0 Å². The molecular formula is C24H32N6O2Si. The summed E-state index contributed by atoms with van der Waals surface area (Å²) in [6, 6.07) is 7.11. The minimum atomic E-state index is -1.15. The van der Waals surface area contributed by atoms with Gasteiger partial charge in [0.15, 0.2) is 5.65 Å². The number of nitrogens with one attached hydrogen (secondary N) is 2. The van der Waals surface area contributed by atoms with Gasteiger partial charge in [-0.15, -0.1) is 0 Å². The number of fused-ring (bicyclic) bond motifs is 2. The molecule has 0 saturated carbocycles. The maximum absolute atomic E-state index is 12.8. The van der Waals surface area contributed by atoms with Crippen molar-refractivity contribution in [3.8, 4) is 11.3 Å². The lowest BCUT2D eigenvalue weighted by atomic mass is 10.1. The number of carbonyl (C=O) groups excluding carboxylic acids is 1. The van der Waals surface area contributed by atoms with Gasteiger partial charge < -0.3 is 15.0 Å². The Bertz CT molecular complexity index is 1300. The molecule has 0 saturated heterocycles. The van der Waals surface area contributed by atoms with Gasteiger partial charge in [0.25, 0.3) is 5.91 Å². The highest BCUT2D eigenvalue weighted by molar-refractivity contribution is 6.76. The minimum Gasteiger partial charge on any atom is -0.360 e. The number of amides is 1. The van der Waals surface area contributed by atoms with Crippen LogP contribution in [0, 0.1) is 0 Å². The van der Waals surface area contributed by atoms with E-state index in [9.17, 15) is 4.79 Å². The van der Waals surface area contributed by atoms with Crippen LogP contribution in [-0.2, 0) is 11.5 Å². The first-order valence-corrected chi connectivity index (χ1v) is 14.9. The van der Waals surface area contributed by atoms with Crippen molar-refractivity contribution in [1.82, 2.24) is 30.0 Å². The summed E-state index contributed by atoms with van der Waals surface area (Å²) in [6.07, 6.45) is 5.22. The molecule has 1 amide bonds. The first kappa shape index (κ1) is 23.1. The Morgan fingerprint density at radius 2 is 2.00 bits per heavy atom. The third-order valence-corrected chi connectivity index (χ3v) is 6.97. The van der Waals surface area contributed by atoms with Gasteiger partial charge in [-0.25, -0.2) is 14.6 Å². The average Bonchev–Trinajstić information content (AvgIpc) is 3.33. The zero-order chi connectivity index (χ0) is 23.8. The van der Waals surface area contributed by atoms with E-state index >= 15 is 0 Å².